The number of fused-ring (bicyclic) bond motifs is 1. The van der Waals surface area contributed by atoms with E-state index in [1.54, 1.807) is 12.1 Å². The Morgan fingerprint density at radius 2 is 1.67 bits per heavy atom. The molecule has 0 radical (unpaired) electrons. The Balaban J connectivity index is 1.51. The van der Waals surface area contributed by atoms with Crippen molar-refractivity contribution in [3.63, 3.8) is 0 Å². The van der Waals surface area contributed by atoms with Crippen molar-refractivity contribution in [2.24, 2.45) is 5.92 Å². The number of benzene rings is 3. The zero-order valence-electron chi connectivity index (χ0n) is 22.9. The van der Waals surface area contributed by atoms with E-state index in [4.69, 9.17) is 14.6 Å². The van der Waals surface area contributed by atoms with Gasteiger partial charge in [0.25, 0.3) is 0 Å². The van der Waals surface area contributed by atoms with Gasteiger partial charge in [-0.1, -0.05) is 56.3 Å². The van der Waals surface area contributed by atoms with Crippen LogP contribution < -0.4 is 4.74 Å². The highest BCUT2D eigenvalue weighted by atomic mass is 16.5. The summed E-state index contributed by atoms with van der Waals surface area (Å²) in [5.41, 5.74) is 4.44. The van der Waals surface area contributed by atoms with E-state index in [0.717, 1.165) is 22.9 Å². The third kappa shape index (κ3) is 7.36. The number of hydrogen-bond acceptors (Lipinski definition) is 4. The minimum absolute atomic E-state index is 0.0821. The monoisotopic (exact) mass is 527 g/mol. The highest BCUT2D eigenvalue weighted by Crippen LogP contribution is 2.27. The molecule has 4 rings (SSSR count). The van der Waals surface area contributed by atoms with E-state index < -0.39 is 5.97 Å². The van der Waals surface area contributed by atoms with Crippen LogP contribution in [0.1, 0.15) is 66.8 Å². The first-order chi connectivity index (χ1) is 18.9. The Morgan fingerprint density at radius 1 is 0.949 bits per heavy atom. The van der Waals surface area contributed by atoms with E-state index in [1.807, 2.05) is 54.1 Å². The molecule has 1 atom stereocenters. The minimum atomic E-state index is -0.822. The molecule has 0 aliphatic rings. The van der Waals surface area contributed by atoms with Crippen LogP contribution in [0, 0.1) is 5.92 Å². The van der Waals surface area contributed by atoms with Crippen LogP contribution in [0.25, 0.3) is 10.9 Å². The number of aliphatic carboxylic acids is 1. The number of carbonyl (C=O) groups excluding carboxylic acids is 1. The first-order valence-corrected chi connectivity index (χ1v) is 13.6. The van der Waals surface area contributed by atoms with Gasteiger partial charge in [0.1, 0.15) is 11.9 Å². The Kier molecular flexibility index (Phi) is 9.55. The highest BCUT2D eigenvalue weighted by Gasteiger charge is 2.18. The summed E-state index contributed by atoms with van der Waals surface area (Å²) in [6, 6.07) is 23.5. The standard InChI is InChI=1S/C33H37NO5/c1-4-38-22-31(25-13-11-24(12-14-25)20-23(2)3)39-27-17-15-26(16-18-27)33(37)29-21-34(19-7-10-32(35)36)30-9-6-5-8-28(29)30/h5-6,8-9,11-18,21,23,31H,4,7,10,19-20,22H2,1-3H3,(H,35,36)/t31-/m1/s1. The van der Waals surface area contributed by atoms with Gasteiger partial charge < -0.3 is 19.1 Å². The molecule has 0 fully saturated rings. The van der Waals surface area contributed by atoms with Crippen molar-refractivity contribution in [3.8, 4) is 5.75 Å². The Labute approximate surface area is 230 Å². The minimum Gasteiger partial charge on any atom is -0.483 e. The molecule has 204 valence electrons. The first kappa shape index (κ1) is 28.1. The molecular weight excluding hydrogens is 490 g/mol. The lowest BCUT2D eigenvalue weighted by atomic mass is 10.0. The summed E-state index contributed by atoms with van der Waals surface area (Å²) >= 11 is 0. The molecule has 0 aliphatic carbocycles. The van der Waals surface area contributed by atoms with Gasteiger partial charge in [-0.3, -0.25) is 9.59 Å². The van der Waals surface area contributed by atoms with Crippen molar-refractivity contribution >= 4 is 22.7 Å². The normalized spacial score (nSPS) is 12.1. The van der Waals surface area contributed by atoms with Crippen LogP contribution in [-0.2, 0) is 22.5 Å². The lowest BCUT2D eigenvalue weighted by Gasteiger charge is -2.20. The molecule has 0 saturated carbocycles. The molecule has 4 aromatic rings. The van der Waals surface area contributed by atoms with Gasteiger partial charge in [0, 0.05) is 47.8 Å². The summed E-state index contributed by atoms with van der Waals surface area (Å²) in [7, 11) is 0. The molecule has 1 aromatic heterocycles. The number of ether oxygens (including phenoxy) is 2. The molecule has 1 heterocycles. The average Bonchev–Trinajstić information content (AvgIpc) is 3.29. The van der Waals surface area contributed by atoms with Crippen molar-refractivity contribution < 1.29 is 24.2 Å². The predicted molar refractivity (Wildman–Crippen MR) is 154 cm³/mol. The van der Waals surface area contributed by atoms with E-state index in [2.05, 4.69) is 38.1 Å². The summed E-state index contributed by atoms with van der Waals surface area (Å²) in [5, 5.41) is 9.85. The number of carbonyl (C=O) groups is 2. The maximum absolute atomic E-state index is 13.5. The van der Waals surface area contributed by atoms with Crippen LogP contribution in [0.2, 0.25) is 0 Å². The van der Waals surface area contributed by atoms with Crippen molar-refractivity contribution in [2.75, 3.05) is 13.2 Å². The highest BCUT2D eigenvalue weighted by molar-refractivity contribution is 6.16. The summed E-state index contributed by atoms with van der Waals surface area (Å²) < 4.78 is 14.0. The Morgan fingerprint density at radius 3 is 2.33 bits per heavy atom. The van der Waals surface area contributed by atoms with E-state index >= 15 is 0 Å². The molecular formula is C33H37NO5. The van der Waals surface area contributed by atoms with Gasteiger partial charge >= 0.3 is 5.97 Å². The van der Waals surface area contributed by atoms with Gasteiger partial charge in [-0.15, -0.1) is 0 Å². The van der Waals surface area contributed by atoms with Crippen molar-refractivity contribution in [3.05, 3.63) is 101 Å². The van der Waals surface area contributed by atoms with Crippen LogP contribution in [0.5, 0.6) is 5.75 Å². The molecule has 1 N–H and O–H groups in total. The largest absolute Gasteiger partial charge is 0.483 e. The fraction of sp³-hybridized carbons (Fsp3) is 0.333. The fourth-order valence-corrected chi connectivity index (χ4v) is 4.78. The molecule has 3 aromatic carbocycles. The molecule has 0 aliphatic heterocycles. The lowest BCUT2D eigenvalue weighted by Crippen LogP contribution is -2.15. The van der Waals surface area contributed by atoms with Crippen LogP contribution in [0.15, 0.2) is 79.0 Å². The van der Waals surface area contributed by atoms with Crippen molar-refractivity contribution in [1.82, 2.24) is 4.57 Å². The summed E-state index contributed by atoms with van der Waals surface area (Å²) in [6.07, 6.45) is 3.19. The van der Waals surface area contributed by atoms with Crippen LogP contribution in [-0.4, -0.2) is 34.6 Å². The second kappa shape index (κ2) is 13.3. The smallest absolute Gasteiger partial charge is 0.303 e. The number of aryl methyl sites for hydroxylation is 1. The molecule has 0 spiro atoms. The molecule has 0 unspecified atom stereocenters. The van der Waals surface area contributed by atoms with Gasteiger partial charge in [-0.05, 0) is 67.1 Å². The maximum atomic E-state index is 13.5. The van der Waals surface area contributed by atoms with Gasteiger partial charge in [0.2, 0.25) is 0 Å². The SMILES string of the molecule is CCOC[C@@H](Oc1ccc(C(=O)c2cn(CCCC(=O)O)c3ccccc23)cc1)c1ccc(CC(C)C)cc1. The third-order valence-corrected chi connectivity index (χ3v) is 6.69. The number of para-hydroxylation sites is 1. The molecule has 6 heteroatoms. The second-order valence-corrected chi connectivity index (χ2v) is 10.2. The Hall–Kier alpha value is -3.90. The van der Waals surface area contributed by atoms with E-state index in [0.29, 0.717) is 49.0 Å². The van der Waals surface area contributed by atoms with Crippen LogP contribution in [0.3, 0.4) is 0 Å². The summed E-state index contributed by atoms with van der Waals surface area (Å²) in [5.74, 6) is 0.359. The zero-order valence-corrected chi connectivity index (χ0v) is 22.9. The van der Waals surface area contributed by atoms with Gasteiger partial charge in [-0.25, -0.2) is 0 Å². The molecule has 39 heavy (non-hydrogen) atoms. The molecule has 0 amide bonds. The molecule has 0 bridgehead atoms. The van der Waals surface area contributed by atoms with Gasteiger partial charge in [-0.2, -0.15) is 0 Å². The summed E-state index contributed by atoms with van der Waals surface area (Å²) in [6.45, 7) is 7.96. The molecule has 6 nitrogen and oxygen atoms in total. The van der Waals surface area contributed by atoms with Crippen LogP contribution in [0.4, 0.5) is 0 Å². The van der Waals surface area contributed by atoms with Gasteiger partial charge in [0.15, 0.2) is 5.78 Å². The van der Waals surface area contributed by atoms with E-state index in [-0.39, 0.29) is 18.3 Å². The predicted octanol–water partition coefficient (Wildman–Crippen LogP) is 7.09. The maximum Gasteiger partial charge on any atom is 0.303 e. The third-order valence-electron chi connectivity index (χ3n) is 6.69. The number of carboxylic acid groups (broad SMARTS) is 1. The van der Waals surface area contributed by atoms with Crippen molar-refractivity contribution in [1.29, 1.82) is 0 Å². The van der Waals surface area contributed by atoms with Crippen molar-refractivity contribution in [2.45, 2.75) is 52.7 Å². The van der Waals surface area contributed by atoms with Gasteiger partial charge in [0.05, 0.1) is 6.61 Å². The number of ketones is 1. The number of hydrogen-bond donors (Lipinski definition) is 1. The number of aromatic nitrogens is 1. The average molecular weight is 528 g/mol. The topological polar surface area (TPSA) is 77.8 Å². The van der Waals surface area contributed by atoms with E-state index in [9.17, 15) is 9.59 Å². The number of carboxylic acids is 1. The quantitative estimate of drug-likeness (QED) is 0.177. The number of nitrogens with zero attached hydrogens (tertiary/aromatic N) is 1. The number of rotatable bonds is 14. The van der Waals surface area contributed by atoms with Crippen LogP contribution >= 0.6 is 0 Å². The molecule has 0 saturated heterocycles. The first-order valence-electron chi connectivity index (χ1n) is 13.6. The lowest BCUT2D eigenvalue weighted by molar-refractivity contribution is -0.137. The second-order valence-electron chi connectivity index (χ2n) is 10.2. The van der Waals surface area contributed by atoms with E-state index in [1.165, 1.54) is 5.56 Å². The summed E-state index contributed by atoms with van der Waals surface area (Å²) in [4.78, 5) is 24.4. The fourth-order valence-electron chi connectivity index (χ4n) is 4.78. The zero-order chi connectivity index (χ0) is 27.8. The Bertz CT molecular complexity index is 1390.